The lowest BCUT2D eigenvalue weighted by Crippen LogP contribution is -2.27. The van der Waals surface area contributed by atoms with Gasteiger partial charge in [-0.2, -0.15) is 5.10 Å². The lowest BCUT2D eigenvalue weighted by Gasteiger charge is -2.06. The summed E-state index contributed by atoms with van der Waals surface area (Å²) in [5, 5.41) is 22.3. The van der Waals surface area contributed by atoms with Crippen molar-refractivity contribution in [3.05, 3.63) is 89.9 Å². The topological polar surface area (TPSA) is 92.1 Å². The number of hydrogen-bond acceptors (Lipinski definition) is 5. The van der Waals surface area contributed by atoms with Crippen LogP contribution in [0.5, 0.6) is 0 Å². The lowest BCUT2D eigenvalue weighted by molar-refractivity contribution is 0.273. The molecule has 3 aromatic heterocycles. The lowest BCUT2D eigenvalue weighted by atomic mass is 10.2. The molecule has 0 saturated heterocycles. The molecule has 8 heteroatoms. The first-order chi connectivity index (χ1) is 13.3. The average Bonchev–Trinajstić information content (AvgIpc) is 2.71. The monoisotopic (exact) mass is 363 g/mol. The van der Waals surface area contributed by atoms with Crippen LogP contribution < -0.4 is 16.4 Å². The van der Waals surface area contributed by atoms with Crippen LogP contribution in [0.25, 0.3) is 0 Å². The Hall–Kier alpha value is -3.52. The van der Waals surface area contributed by atoms with E-state index in [4.69, 9.17) is 0 Å². The predicted octanol–water partition coefficient (Wildman–Crippen LogP) is 0.582. The van der Waals surface area contributed by atoms with Crippen LogP contribution in [0.2, 0.25) is 0 Å². The summed E-state index contributed by atoms with van der Waals surface area (Å²) in [6, 6.07) is 15.0. The molecular weight excluding hydrogens is 342 g/mol. The highest BCUT2D eigenvalue weighted by Crippen LogP contribution is 1.98. The maximum absolute atomic E-state index is 9.20. The Labute approximate surface area is 156 Å². The molecule has 0 saturated carbocycles. The van der Waals surface area contributed by atoms with Crippen molar-refractivity contribution in [1.82, 2.24) is 19.5 Å². The van der Waals surface area contributed by atoms with Crippen LogP contribution in [0, 0.1) is 0 Å². The Balaban J connectivity index is 2.01. The van der Waals surface area contributed by atoms with Crippen LogP contribution in [-0.2, 0) is 13.6 Å². The van der Waals surface area contributed by atoms with Crippen LogP contribution in [0.4, 0.5) is 0 Å². The molecule has 0 unspecified atom stereocenters. The number of aliphatic hydroxyl groups is 1. The average molecular weight is 363 g/mol. The van der Waals surface area contributed by atoms with E-state index < -0.39 is 0 Å². The van der Waals surface area contributed by atoms with Gasteiger partial charge in [-0.3, -0.25) is 10.4 Å². The zero-order valence-electron chi connectivity index (χ0n) is 15.0. The first-order valence-electron chi connectivity index (χ1n) is 8.48. The molecule has 2 N–H and O–H groups in total. The summed E-state index contributed by atoms with van der Waals surface area (Å²) in [5.74, 6) is 0.487. The predicted molar refractivity (Wildman–Crippen MR) is 102 cm³/mol. The van der Waals surface area contributed by atoms with Gasteiger partial charge in [0.25, 0.3) is 0 Å². The zero-order chi connectivity index (χ0) is 18.9. The van der Waals surface area contributed by atoms with E-state index in [1.54, 1.807) is 12.4 Å². The van der Waals surface area contributed by atoms with Gasteiger partial charge in [-0.15, -0.1) is 10.2 Å². The third-order valence-corrected chi connectivity index (χ3v) is 3.77. The molecule has 138 valence electrons. The van der Waals surface area contributed by atoms with Crippen LogP contribution >= 0.6 is 0 Å². The van der Waals surface area contributed by atoms with E-state index in [-0.39, 0.29) is 6.61 Å². The molecule has 27 heavy (non-hydrogen) atoms. The van der Waals surface area contributed by atoms with Crippen molar-refractivity contribution in [1.29, 1.82) is 0 Å². The number of hydrogen-bond donors (Lipinski definition) is 2. The fraction of sp³-hybridized carbons (Fsp3) is 0.158. The summed E-state index contributed by atoms with van der Waals surface area (Å²) in [5.41, 5.74) is 5.17. The number of pyridine rings is 3. The third kappa shape index (κ3) is 4.99. The smallest absolute Gasteiger partial charge is 0.176 e. The van der Waals surface area contributed by atoms with Gasteiger partial charge in [0.1, 0.15) is 0 Å². The minimum Gasteiger partial charge on any atom is -0.395 e. The normalized spacial score (nSPS) is 13.0. The molecule has 3 aromatic rings. The van der Waals surface area contributed by atoms with Gasteiger partial charge in [0.2, 0.25) is 0 Å². The van der Waals surface area contributed by atoms with E-state index in [0.717, 1.165) is 11.1 Å². The molecule has 0 aromatic carbocycles. The Morgan fingerprint density at radius 2 is 1.78 bits per heavy atom. The van der Waals surface area contributed by atoms with Gasteiger partial charge in [-0.05, 0) is 36.4 Å². The highest BCUT2D eigenvalue weighted by atomic mass is 16.3. The largest absolute Gasteiger partial charge is 0.395 e. The van der Waals surface area contributed by atoms with Crippen molar-refractivity contribution in [2.45, 2.75) is 6.54 Å². The molecule has 3 heterocycles. The molecule has 0 atom stereocenters. The van der Waals surface area contributed by atoms with E-state index in [2.05, 4.69) is 25.7 Å². The van der Waals surface area contributed by atoms with Gasteiger partial charge in [-0.1, -0.05) is 12.1 Å². The van der Waals surface area contributed by atoms with Crippen molar-refractivity contribution >= 4 is 5.84 Å². The van der Waals surface area contributed by atoms with Crippen molar-refractivity contribution in [2.24, 2.45) is 22.4 Å². The maximum atomic E-state index is 9.20. The van der Waals surface area contributed by atoms with Gasteiger partial charge in [0.15, 0.2) is 16.8 Å². The van der Waals surface area contributed by atoms with Crippen molar-refractivity contribution in [2.75, 3.05) is 6.61 Å². The number of aromatic nitrogens is 3. The minimum atomic E-state index is 0.0240. The SMILES string of the molecule is Cn1ccccc1=NNC(=NN=c1ccccn1CCO)c1ccncc1. The van der Waals surface area contributed by atoms with Crippen LogP contribution in [0.1, 0.15) is 5.56 Å². The number of nitrogens with zero attached hydrogens (tertiary/aromatic N) is 6. The molecule has 0 bridgehead atoms. The number of aliphatic hydroxyl groups excluding tert-OH is 1. The first kappa shape index (κ1) is 18.3. The summed E-state index contributed by atoms with van der Waals surface area (Å²) in [6.45, 7) is 0.466. The Morgan fingerprint density at radius 3 is 2.52 bits per heavy atom. The number of aryl methyl sites for hydroxylation is 1. The van der Waals surface area contributed by atoms with E-state index >= 15 is 0 Å². The van der Waals surface area contributed by atoms with Crippen molar-refractivity contribution in [3.8, 4) is 0 Å². The van der Waals surface area contributed by atoms with Crippen LogP contribution in [-0.4, -0.2) is 31.7 Å². The van der Waals surface area contributed by atoms with Crippen molar-refractivity contribution < 1.29 is 5.11 Å². The third-order valence-electron chi connectivity index (χ3n) is 3.77. The zero-order valence-corrected chi connectivity index (χ0v) is 15.0. The molecule has 8 nitrogen and oxygen atoms in total. The molecular formula is C19H21N7O. The molecule has 0 aliphatic carbocycles. The van der Waals surface area contributed by atoms with E-state index in [0.29, 0.717) is 17.9 Å². The highest BCUT2D eigenvalue weighted by Gasteiger charge is 2.02. The van der Waals surface area contributed by atoms with Crippen LogP contribution in [0.3, 0.4) is 0 Å². The second kappa shape index (κ2) is 9.25. The fourth-order valence-electron chi connectivity index (χ4n) is 2.35. The Morgan fingerprint density at radius 1 is 1.04 bits per heavy atom. The first-order valence-corrected chi connectivity index (χ1v) is 8.48. The molecule has 0 aliphatic heterocycles. The highest BCUT2D eigenvalue weighted by molar-refractivity contribution is 5.98. The van der Waals surface area contributed by atoms with Gasteiger partial charge in [0.05, 0.1) is 6.61 Å². The second-order valence-electron chi connectivity index (χ2n) is 5.65. The van der Waals surface area contributed by atoms with E-state index in [1.807, 2.05) is 77.1 Å². The number of nitrogens with one attached hydrogen (secondary N) is 1. The molecule has 0 fully saturated rings. The molecule has 0 aliphatic rings. The summed E-state index contributed by atoms with van der Waals surface area (Å²) >= 11 is 0. The summed E-state index contributed by atoms with van der Waals surface area (Å²) in [6.07, 6.45) is 7.13. The second-order valence-corrected chi connectivity index (χ2v) is 5.65. The summed E-state index contributed by atoms with van der Waals surface area (Å²) in [7, 11) is 1.91. The minimum absolute atomic E-state index is 0.0240. The summed E-state index contributed by atoms with van der Waals surface area (Å²) in [4.78, 5) is 4.04. The standard InChI is InChI=1S/C19H21N7O/c1-25-12-4-2-6-17(25)21-23-19(16-8-10-20-11-9-16)24-22-18-7-3-5-13-26(18)14-15-27/h2-13,27H,14-15H2,1H3,(H,23,24). The van der Waals surface area contributed by atoms with Gasteiger partial charge in [0, 0.05) is 43.9 Å². The van der Waals surface area contributed by atoms with Crippen LogP contribution in [0.15, 0.2) is 88.6 Å². The number of rotatable bonds is 5. The molecule has 0 radical (unpaired) electrons. The fourth-order valence-corrected chi connectivity index (χ4v) is 2.35. The summed E-state index contributed by atoms with van der Waals surface area (Å²) < 4.78 is 3.71. The van der Waals surface area contributed by atoms with E-state index in [1.165, 1.54) is 0 Å². The quantitative estimate of drug-likeness (QED) is 0.395. The molecule has 0 spiro atoms. The van der Waals surface area contributed by atoms with Gasteiger partial charge >= 0.3 is 0 Å². The van der Waals surface area contributed by atoms with Gasteiger partial charge < -0.3 is 14.2 Å². The Bertz CT molecular complexity index is 1040. The molecule has 3 rings (SSSR count). The maximum Gasteiger partial charge on any atom is 0.176 e. The van der Waals surface area contributed by atoms with E-state index in [9.17, 15) is 5.11 Å². The number of amidine groups is 1. The van der Waals surface area contributed by atoms with Crippen molar-refractivity contribution in [3.63, 3.8) is 0 Å². The van der Waals surface area contributed by atoms with Gasteiger partial charge in [-0.25, -0.2) is 0 Å². The Kier molecular flexibility index (Phi) is 6.26. The molecule has 0 amide bonds.